The Labute approximate surface area is 160 Å². The van der Waals surface area contributed by atoms with Crippen LogP contribution >= 0.6 is 0 Å². The van der Waals surface area contributed by atoms with Gasteiger partial charge in [0.15, 0.2) is 11.5 Å². The molecule has 1 saturated heterocycles. The van der Waals surface area contributed by atoms with Gasteiger partial charge in [-0.25, -0.2) is 4.79 Å². The fourth-order valence-corrected chi connectivity index (χ4v) is 3.41. The number of benzene rings is 2. The molecule has 0 radical (unpaired) electrons. The Morgan fingerprint density at radius 3 is 2.52 bits per heavy atom. The van der Waals surface area contributed by atoms with Crippen LogP contribution in [0.3, 0.4) is 0 Å². The van der Waals surface area contributed by atoms with E-state index in [1.54, 1.807) is 14.2 Å². The molecule has 0 bridgehead atoms. The van der Waals surface area contributed by atoms with Gasteiger partial charge in [-0.1, -0.05) is 6.07 Å². The number of rotatable bonds is 6. The Morgan fingerprint density at radius 1 is 1.11 bits per heavy atom. The van der Waals surface area contributed by atoms with Crippen molar-refractivity contribution in [3.8, 4) is 17.2 Å². The van der Waals surface area contributed by atoms with Crippen LogP contribution in [-0.2, 0) is 0 Å². The lowest BCUT2D eigenvalue weighted by molar-refractivity contribution is 0.207. The highest BCUT2D eigenvalue weighted by molar-refractivity contribution is 5.89. The Balaban J connectivity index is 1.72. The van der Waals surface area contributed by atoms with E-state index in [1.807, 2.05) is 54.3 Å². The molecule has 1 N–H and O–H groups in total. The second kappa shape index (κ2) is 8.66. The van der Waals surface area contributed by atoms with Crippen LogP contribution in [-0.4, -0.2) is 38.3 Å². The molecule has 1 atom stereocenters. The molecule has 144 valence electrons. The zero-order chi connectivity index (χ0) is 19.2. The molecule has 1 fully saturated rings. The van der Waals surface area contributed by atoms with Crippen molar-refractivity contribution in [2.75, 3.05) is 32.7 Å². The fraction of sp³-hybridized carbons (Fsp3) is 0.381. The van der Waals surface area contributed by atoms with E-state index in [0.717, 1.165) is 36.4 Å². The number of hydrogen-bond acceptors (Lipinski definition) is 4. The normalized spacial score (nSPS) is 16.1. The summed E-state index contributed by atoms with van der Waals surface area (Å²) in [6.45, 7) is 3.28. The molecule has 2 aromatic carbocycles. The van der Waals surface area contributed by atoms with Gasteiger partial charge in [-0.15, -0.1) is 0 Å². The molecule has 0 aliphatic carbocycles. The number of nitrogens with zero attached hydrogens (tertiary/aromatic N) is 1. The van der Waals surface area contributed by atoms with Crippen LogP contribution in [0, 0.1) is 0 Å². The van der Waals surface area contributed by atoms with Crippen molar-refractivity contribution in [3.63, 3.8) is 0 Å². The molecule has 2 aromatic rings. The minimum atomic E-state index is -0.101. The van der Waals surface area contributed by atoms with Gasteiger partial charge in [-0.05, 0) is 61.7 Å². The van der Waals surface area contributed by atoms with Gasteiger partial charge < -0.3 is 24.4 Å². The highest BCUT2D eigenvalue weighted by Gasteiger charge is 2.30. The fourth-order valence-electron chi connectivity index (χ4n) is 3.41. The SMILES string of the molecule is CCOc1ccc(NC(=O)N2CCCC2c2ccc(OC)c(OC)c2)cc1. The minimum absolute atomic E-state index is 0.0208. The lowest BCUT2D eigenvalue weighted by Crippen LogP contribution is -2.34. The zero-order valence-corrected chi connectivity index (χ0v) is 16.0. The van der Waals surface area contributed by atoms with Crippen molar-refractivity contribution in [3.05, 3.63) is 48.0 Å². The third-order valence-corrected chi connectivity index (χ3v) is 4.72. The lowest BCUT2D eigenvalue weighted by atomic mass is 10.0. The van der Waals surface area contributed by atoms with Gasteiger partial charge in [-0.3, -0.25) is 0 Å². The molecule has 6 nitrogen and oxygen atoms in total. The monoisotopic (exact) mass is 370 g/mol. The molecule has 1 unspecified atom stereocenters. The summed E-state index contributed by atoms with van der Waals surface area (Å²) in [4.78, 5) is 14.7. The van der Waals surface area contributed by atoms with Gasteiger partial charge >= 0.3 is 6.03 Å². The standard InChI is InChI=1S/C21H26N2O4/c1-4-27-17-10-8-16(9-11-17)22-21(24)23-13-5-6-18(23)15-7-12-19(25-2)20(14-15)26-3/h7-12,14,18H,4-6,13H2,1-3H3,(H,22,24). The molecular formula is C21H26N2O4. The molecule has 3 rings (SSSR count). The Morgan fingerprint density at radius 2 is 1.85 bits per heavy atom. The molecular weight excluding hydrogens is 344 g/mol. The Kier molecular flexibility index (Phi) is 6.06. The van der Waals surface area contributed by atoms with Gasteiger partial charge in [0.1, 0.15) is 5.75 Å². The molecule has 0 saturated carbocycles. The molecule has 6 heteroatoms. The summed E-state index contributed by atoms with van der Waals surface area (Å²) in [5.74, 6) is 2.15. The first-order valence-electron chi connectivity index (χ1n) is 9.18. The molecule has 0 aromatic heterocycles. The highest BCUT2D eigenvalue weighted by Crippen LogP contribution is 2.37. The highest BCUT2D eigenvalue weighted by atomic mass is 16.5. The third-order valence-electron chi connectivity index (χ3n) is 4.72. The van der Waals surface area contributed by atoms with Crippen molar-refractivity contribution in [2.45, 2.75) is 25.8 Å². The third kappa shape index (κ3) is 4.27. The first kappa shape index (κ1) is 18.9. The van der Waals surface area contributed by atoms with Crippen molar-refractivity contribution in [2.24, 2.45) is 0 Å². The predicted octanol–water partition coefficient (Wildman–Crippen LogP) is 4.47. The Bertz CT molecular complexity index is 776. The summed E-state index contributed by atoms with van der Waals surface area (Å²) < 4.78 is 16.1. The number of carbonyl (C=O) groups excluding carboxylic acids is 1. The summed E-state index contributed by atoms with van der Waals surface area (Å²) in [5, 5.41) is 2.98. The van der Waals surface area contributed by atoms with Gasteiger partial charge in [0.25, 0.3) is 0 Å². The van der Waals surface area contributed by atoms with Crippen molar-refractivity contribution >= 4 is 11.7 Å². The molecule has 27 heavy (non-hydrogen) atoms. The van der Waals surface area contributed by atoms with E-state index in [1.165, 1.54) is 0 Å². The van der Waals surface area contributed by atoms with Crippen LogP contribution in [0.25, 0.3) is 0 Å². The number of anilines is 1. The predicted molar refractivity (Wildman–Crippen MR) is 105 cm³/mol. The maximum Gasteiger partial charge on any atom is 0.322 e. The second-order valence-electron chi connectivity index (χ2n) is 6.35. The molecule has 2 amide bonds. The number of hydrogen-bond donors (Lipinski definition) is 1. The number of methoxy groups -OCH3 is 2. The smallest absolute Gasteiger partial charge is 0.322 e. The van der Waals surface area contributed by atoms with Crippen LogP contribution in [0.1, 0.15) is 31.4 Å². The van der Waals surface area contributed by atoms with Crippen LogP contribution < -0.4 is 19.5 Å². The summed E-state index contributed by atoms with van der Waals surface area (Å²) in [6, 6.07) is 13.2. The Hall–Kier alpha value is -2.89. The topological polar surface area (TPSA) is 60.0 Å². The van der Waals surface area contributed by atoms with E-state index < -0.39 is 0 Å². The largest absolute Gasteiger partial charge is 0.494 e. The first-order chi connectivity index (χ1) is 13.2. The van der Waals surface area contributed by atoms with Crippen LogP contribution in [0.2, 0.25) is 0 Å². The lowest BCUT2D eigenvalue weighted by Gasteiger charge is -2.26. The van der Waals surface area contributed by atoms with Gasteiger partial charge in [-0.2, -0.15) is 0 Å². The van der Waals surface area contributed by atoms with E-state index in [9.17, 15) is 4.79 Å². The van der Waals surface area contributed by atoms with Gasteiger partial charge in [0.2, 0.25) is 0 Å². The number of nitrogens with one attached hydrogen (secondary N) is 1. The maximum absolute atomic E-state index is 12.8. The van der Waals surface area contributed by atoms with Crippen LogP contribution in [0.4, 0.5) is 10.5 Å². The van der Waals surface area contributed by atoms with Crippen LogP contribution in [0.5, 0.6) is 17.2 Å². The van der Waals surface area contributed by atoms with Crippen molar-refractivity contribution in [1.29, 1.82) is 0 Å². The first-order valence-corrected chi connectivity index (χ1v) is 9.18. The maximum atomic E-state index is 12.8. The van der Waals surface area contributed by atoms with Gasteiger partial charge in [0, 0.05) is 12.2 Å². The molecule has 1 aliphatic rings. The van der Waals surface area contributed by atoms with E-state index in [-0.39, 0.29) is 12.1 Å². The van der Waals surface area contributed by atoms with Crippen LogP contribution in [0.15, 0.2) is 42.5 Å². The molecule has 1 aliphatic heterocycles. The second-order valence-corrected chi connectivity index (χ2v) is 6.35. The summed E-state index contributed by atoms with van der Waals surface area (Å²) >= 11 is 0. The molecule has 0 spiro atoms. The summed E-state index contributed by atoms with van der Waals surface area (Å²) in [5.41, 5.74) is 1.80. The van der Waals surface area contributed by atoms with E-state index in [2.05, 4.69) is 5.32 Å². The zero-order valence-electron chi connectivity index (χ0n) is 16.0. The van der Waals surface area contributed by atoms with E-state index in [4.69, 9.17) is 14.2 Å². The number of carbonyl (C=O) groups is 1. The number of urea groups is 1. The van der Waals surface area contributed by atoms with E-state index >= 15 is 0 Å². The summed E-state index contributed by atoms with van der Waals surface area (Å²) in [6.07, 6.45) is 1.89. The average molecular weight is 370 g/mol. The molecule has 1 heterocycles. The number of likely N-dealkylation sites (tertiary alicyclic amines) is 1. The quantitative estimate of drug-likeness (QED) is 0.815. The van der Waals surface area contributed by atoms with Gasteiger partial charge in [0.05, 0.1) is 26.9 Å². The van der Waals surface area contributed by atoms with Crippen molar-refractivity contribution < 1.29 is 19.0 Å². The number of amides is 2. The average Bonchev–Trinajstić information content (AvgIpc) is 3.19. The minimum Gasteiger partial charge on any atom is -0.494 e. The number of ether oxygens (including phenoxy) is 3. The van der Waals surface area contributed by atoms with Crippen molar-refractivity contribution in [1.82, 2.24) is 4.90 Å². The van der Waals surface area contributed by atoms with E-state index in [0.29, 0.717) is 18.1 Å². The summed E-state index contributed by atoms with van der Waals surface area (Å²) in [7, 11) is 3.23.